The van der Waals surface area contributed by atoms with Gasteiger partial charge in [0.15, 0.2) is 0 Å². The molecular weight excluding hydrogens is 269 g/mol. The fraction of sp³-hybridized carbons (Fsp3) is 0.615. The molecular formula is C13H17Cl2N3. The van der Waals surface area contributed by atoms with E-state index in [0.717, 1.165) is 37.7 Å². The average Bonchev–Trinajstić information content (AvgIpc) is 3.18. The van der Waals surface area contributed by atoms with Gasteiger partial charge in [0.25, 0.3) is 0 Å². The van der Waals surface area contributed by atoms with Crippen LogP contribution in [0.15, 0.2) is 12.1 Å². The zero-order valence-electron chi connectivity index (χ0n) is 10.2. The van der Waals surface area contributed by atoms with Gasteiger partial charge in [-0.2, -0.15) is 0 Å². The Morgan fingerprint density at radius 1 is 1.22 bits per heavy atom. The van der Waals surface area contributed by atoms with Crippen molar-refractivity contribution in [2.24, 2.45) is 5.92 Å². The fourth-order valence-electron chi connectivity index (χ4n) is 2.76. The Labute approximate surface area is 117 Å². The highest BCUT2D eigenvalue weighted by Crippen LogP contribution is 2.46. The van der Waals surface area contributed by atoms with Gasteiger partial charge in [-0.05, 0) is 24.8 Å². The predicted molar refractivity (Wildman–Crippen MR) is 74.2 cm³/mol. The molecule has 0 aromatic carbocycles. The monoisotopic (exact) mass is 285 g/mol. The normalized spacial score (nSPS) is 23.0. The zero-order chi connectivity index (χ0) is 12.5. The van der Waals surface area contributed by atoms with E-state index >= 15 is 0 Å². The van der Waals surface area contributed by atoms with Gasteiger partial charge in [0.2, 0.25) is 0 Å². The number of rotatable bonds is 3. The average molecular weight is 286 g/mol. The summed E-state index contributed by atoms with van der Waals surface area (Å²) in [6.07, 6.45) is 2.60. The lowest BCUT2D eigenvalue weighted by Gasteiger charge is -2.35. The summed E-state index contributed by atoms with van der Waals surface area (Å²) in [6, 6.07) is 4.31. The number of pyridine rings is 1. The quantitative estimate of drug-likeness (QED) is 0.866. The first kappa shape index (κ1) is 12.7. The van der Waals surface area contributed by atoms with Crippen LogP contribution >= 0.6 is 23.2 Å². The second-order valence-corrected chi connectivity index (χ2v) is 5.83. The third kappa shape index (κ3) is 2.64. The van der Waals surface area contributed by atoms with E-state index in [4.69, 9.17) is 23.2 Å². The van der Waals surface area contributed by atoms with E-state index in [2.05, 4.69) is 15.2 Å². The van der Waals surface area contributed by atoms with Crippen LogP contribution in [0.5, 0.6) is 0 Å². The molecule has 5 heteroatoms. The van der Waals surface area contributed by atoms with E-state index in [1.165, 1.54) is 12.8 Å². The Morgan fingerprint density at radius 2 is 1.94 bits per heavy atom. The number of piperazine rings is 1. The van der Waals surface area contributed by atoms with Crippen LogP contribution in [0.2, 0.25) is 10.3 Å². The van der Waals surface area contributed by atoms with Crippen LogP contribution in [0, 0.1) is 5.92 Å². The van der Waals surface area contributed by atoms with Gasteiger partial charge in [-0.25, -0.2) is 4.98 Å². The predicted octanol–water partition coefficient (Wildman–Crippen LogP) is 2.74. The summed E-state index contributed by atoms with van der Waals surface area (Å²) in [5.74, 6) is 0.739. The molecule has 0 spiro atoms. The van der Waals surface area contributed by atoms with Crippen LogP contribution in [0.1, 0.15) is 24.4 Å². The molecule has 98 valence electrons. The standard InChI is InChI=1S/C13H17Cl2N3/c14-11-4-3-10(13(15)17-11)12(9-1-2-9)18-7-5-16-6-8-18/h3-4,9,12,16H,1-2,5-8H2/t12-/m0/s1. The zero-order valence-corrected chi connectivity index (χ0v) is 11.7. The van der Waals surface area contributed by atoms with Gasteiger partial charge >= 0.3 is 0 Å². The number of hydrogen-bond donors (Lipinski definition) is 1. The number of nitrogens with zero attached hydrogens (tertiary/aromatic N) is 2. The second kappa shape index (κ2) is 5.33. The minimum atomic E-state index is 0.421. The summed E-state index contributed by atoms with van der Waals surface area (Å²) in [5.41, 5.74) is 1.14. The SMILES string of the molecule is Clc1ccc([C@H](C2CC2)N2CCNCC2)c(Cl)n1. The molecule has 1 aromatic heterocycles. The molecule has 0 radical (unpaired) electrons. The molecule has 0 amide bonds. The van der Waals surface area contributed by atoms with Gasteiger partial charge in [-0.3, -0.25) is 4.90 Å². The van der Waals surface area contributed by atoms with E-state index in [9.17, 15) is 0 Å². The molecule has 1 saturated carbocycles. The molecule has 2 heterocycles. The van der Waals surface area contributed by atoms with Gasteiger partial charge < -0.3 is 5.32 Å². The Hall–Kier alpha value is -0.350. The number of aromatic nitrogens is 1. The van der Waals surface area contributed by atoms with Crippen LogP contribution in [0.25, 0.3) is 0 Å². The Kier molecular flexibility index (Phi) is 3.76. The first-order chi connectivity index (χ1) is 8.75. The summed E-state index contributed by atoms with van der Waals surface area (Å²) < 4.78 is 0. The highest BCUT2D eigenvalue weighted by atomic mass is 35.5. The Bertz CT molecular complexity index is 428. The third-order valence-corrected chi connectivity index (χ3v) is 4.29. The first-order valence-electron chi connectivity index (χ1n) is 6.52. The third-order valence-electron chi connectivity index (χ3n) is 3.78. The molecule has 1 aliphatic carbocycles. The lowest BCUT2D eigenvalue weighted by molar-refractivity contribution is 0.156. The van der Waals surface area contributed by atoms with Crippen molar-refractivity contribution in [3.8, 4) is 0 Å². The molecule has 2 aliphatic rings. The molecule has 1 aromatic rings. The van der Waals surface area contributed by atoms with Crippen molar-refractivity contribution in [3.63, 3.8) is 0 Å². The summed E-state index contributed by atoms with van der Waals surface area (Å²) in [7, 11) is 0. The van der Waals surface area contributed by atoms with Crippen molar-refractivity contribution >= 4 is 23.2 Å². The molecule has 1 N–H and O–H groups in total. The molecule has 3 rings (SSSR count). The van der Waals surface area contributed by atoms with Crippen molar-refractivity contribution in [1.29, 1.82) is 0 Å². The van der Waals surface area contributed by atoms with Gasteiger partial charge in [0.05, 0.1) is 0 Å². The molecule has 0 bridgehead atoms. The number of nitrogens with one attached hydrogen (secondary N) is 1. The number of hydrogen-bond acceptors (Lipinski definition) is 3. The van der Waals surface area contributed by atoms with Crippen LogP contribution < -0.4 is 5.32 Å². The smallest absolute Gasteiger partial charge is 0.135 e. The van der Waals surface area contributed by atoms with E-state index in [-0.39, 0.29) is 0 Å². The summed E-state index contributed by atoms with van der Waals surface area (Å²) >= 11 is 12.2. The van der Waals surface area contributed by atoms with Crippen molar-refractivity contribution in [2.75, 3.05) is 26.2 Å². The van der Waals surface area contributed by atoms with E-state index in [1.807, 2.05) is 12.1 Å². The van der Waals surface area contributed by atoms with E-state index in [0.29, 0.717) is 16.3 Å². The van der Waals surface area contributed by atoms with Crippen LogP contribution in [0.3, 0.4) is 0 Å². The van der Waals surface area contributed by atoms with Crippen LogP contribution in [0.4, 0.5) is 0 Å². The number of halogens is 2. The highest BCUT2D eigenvalue weighted by molar-refractivity contribution is 6.32. The van der Waals surface area contributed by atoms with Crippen molar-refractivity contribution in [2.45, 2.75) is 18.9 Å². The topological polar surface area (TPSA) is 28.2 Å². The molecule has 1 saturated heterocycles. The van der Waals surface area contributed by atoms with Gasteiger partial charge in [-0.1, -0.05) is 29.3 Å². The maximum Gasteiger partial charge on any atom is 0.135 e. The largest absolute Gasteiger partial charge is 0.314 e. The lowest BCUT2D eigenvalue weighted by atomic mass is 10.0. The minimum Gasteiger partial charge on any atom is -0.314 e. The molecule has 18 heavy (non-hydrogen) atoms. The van der Waals surface area contributed by atoms with Crippen LogP contribution in [-0.2, 0) is 0 Å². The highest BCUT2D eigenvalue weighted by Gasteiger charge is 2.37. The summed E-state index contributed by atoms with van der Waals surface area (Å²) in [4.78, 5) is 6.72. The molecule has 2 fully saturated rings. The molecule has 3 nitrogen and oxygen atoms in total. The first-order valence-corrected chi connectivity index (χ1v) is 7.28. The fourth-order valence-corrected chi connectivity index (χ4v) is 3.22. The molecule has 1 atom stereocenters. The van der Waals surface area contributed by atoms with Gasteiger partial charge in [0.1, 0.15) is 10.3 Å². The Morgan fingerprint density at radius 3 is 2.56 bits per heavy atom. The van der Waals surface area contributed by atoms with Crippen molar-refractivity contribution < 1.29 is 0 Å². The van der Waals surface area contributed by atoms with E-state index in [1.54, 1.807) is 0 Å². The molecule has 1 aliphatic heterocycles. The van der Waals surface area contributed by atoms with Gasteiger partial charge in [-0.15, -0.1) is 0 Å². The minimum absolute atomic E-state index is 0.421. The van der Waals surface area contributed by atoms with Gasteiger partial charge in [0, 0.05) is 37.8 Å². The summed E-state index contributed by atoms with van der Waals surface area (Å²) in [6.45, 7) is 4.28. The summed E-state index contributed by atoms with van der Waals surface area (Å²) in [5, 5.41) is 4.43. The van der Waals surface area contributed by atoms with Crippen LogP contribution in [-0.4, -0.2) is 36.1 Å². The Balaban J connectivity index is 1.88. The van der Waals surface area contributed by atoms with Crippen molar-refractivity contribution in [1.82, 2.24) is 15.2 Å². The second-order valence-electron chi connectivity index (χ2n) is 5.08. The lowest BCUT2D eigenvalue weighted by Crippen LogP contribution is -2.45. The molecule has 0 unspecified atom stereocenters. The maximum absolute atomic E-state index is 6.28. The maximum atomic E-state index is 6.28. The van der Waals surface area contributed by atoms with Crippen molar-refractivity contribution in [3.05, 3.63) is 28.0 Å². The van der Waals surface area contributed by atoms with E-state index < -0.39 is 0 Å².